The van der Waals surface area contributed by atoms with Gasteiger partial charge in [0, 0.05) is 64.0 Å². The van der Waals surface area contributed by atoms with E-state index >= 15 is 0 Å². The van der Waals surface area contributed by atoms with Gasteiger partial charge in [-0.2, -0.15) is 11.8 Å². The predicted molar refractivity (Wildman–Crippen MR) is 381 cm³/mol. The number of aliphatic hydroxyl groups is 2. The Labute approximate surface area is 595 Å². The maximum Gasteiger partial charge on any atom is 0.305 e. The van der Waals surface area contributed by atoms with Crippen LogP contribution >= 0.6 is 11.8 Å². The number of aliphatic imine (C=N–C) groups is 2. The first-order valence-corrected chi connectivity index (χ1v) is 35.7. The molecule has 0 radical (unpaired) electrons. The second-order valence-electron chi connectivity index (χ2n) is 26.3. The number of guanidine groups is 2. The van der Waals surface area contributed by atoms with Crippen LogP contribution in [0.15, 0.2) is 34.3 Å². The molecule has 0 heterocycles. The maximum absolute atomic E-state index is 14.6. The molecule has 1 aromatic carbocycles. The minimum absolute atomic E-state index is 0.0340. The van der Waals surface area contributed by atoms with Crippen LogP contribution in [0.2, 0.25) is 0 Å². The molecule has 0 aliphatic rings. The number of aliphatic hydroxyl groups excluding tert-OH is 2. The number of amides is 8. The number of carbonyl (C=O) groups is 13. The van der Waals surface area contributed by atoms with Crippen LogP contribution in [0.4, 0.5) is 0 Å². The number of rotatable bonds is 55. The first-order chi connectivity index (χ1) is 47.6. The van der Waals surface area contributed by atoms with Crippen LogP contribution in [0, 0.1) is 35.5 Å². The van der Waals surface area contributed by atoms with E-state index in [0.717, 1.165) is 6.92 Å². The number of unbranched alkanes of at least 4 members (excludes halogenated alkanes) is 2. The van der Waals surface area contributed by atoms with Gasteiger partial charge in [0.1, 0.15) is 23.9 Å². The Bertz CT molecular complexity index is 2910. The second kappa shape index (κ2) is 49.3. The van der Waals surface area contributed by atoms with Gasteiger partial charge in [-0.1, -0.05) is 46.2 Å². The summed E-state index contributed by atoms with van der Waals surface area (Å²) in [5, 5.41) is 60.0. The fourth-order valence-electron chi connectivity index (χ4n) is 11.0. The van der Waals surface area contributed by atoms with Crippen LogP contribution in [0.25, 0.3) is 0 Å². The number of hydrogen-bond acceptors (Lipinski definition) is 21. The molecule has 0 aliphatic carbocycles. The summed E-state index contributed by atoms with van der Waals surface area (Å²) < 4.78 is 0. The molecule has 0 saturated carbocycles. The number of primary amides is 1. The number of hydrogen-bond donors (Lipinski definition) is 18. The van der Waals surface area contributed by atoms with E-state index in [-0.39, 0.29) is 132 Å². The minimum Gasteiger partial charge on any atom is -0.508 e. The number of thioether (sulfide) groups is 1. The predicted octanol–water partition coefficient (Wildman–Crippen LogP) is -1.81. The molecule has 12 atom stereocenters. The number of ketones is 4. The van der Waals surface area contributed by atoms with E-state index in [2.05, 4.69) is 47.2 Å². The number of carbonyl (C=O) groups excluding carboxylic acids is 12. The third-order valence-electron chi connectivity index (χ3n) is 16.5. The zero-order chi connectivity index (χ0) is 76.5. The highest BCUT2D eigenvalue weighted by molar-refractivity contribution is 7.98. The van der Waals surface area contributed by atoms with Crippen LogP contribution in [-0.2, 0) is 68.7 Å². The van der Waals surface area contributed by atoms with Crippen molar-refractivity contribution in [3.63, 3.8) is 0 Å². The summed E-state index contributed by atoms with van der Waals surface area (Å²) in [6, 6.07) is -3.87. The van der Waals surface area contributed by atoms with Crippen molar-refractivity contribution in [1.82, 2.24) is 37.2 Å². The third kappa shape index (κ3) is 37.8. The van der Waals surface area contributed by atoms with E-state index in [1.54, 1.807) is 20.1 Å². The fraction of sp³-hybridized carbons (Fsp3) is 0.687. The summed E-state index contributed by atoms with van der Waals surface area (Å²) in [7, 11) is 0. The Morgan fingerprint density at radius 1 is 0.475 bits per heavy atom. The number of carboxylic acid groups (broad SMARTS) is 1. The number of nitrogens with zero attached hydrogens (tertiary/aromatic N) is 2. The lowest BCUT2D eigenvalue weighted by Gasteiger charge is -2.27. The topological polar surface area (TPSA) is 594 Å². The number of aromatic hydroxyl groups is 1. The van der Waals surface area contributed by atoms with E-state index < -0.39 is 181 Å². The number of carboxylic acids is 1. The van der Waals surface area contributed by atoms with Crippen LogP contribution in [-0.4, -0.2) is 202 Å². The van der Waals surface area contributed by atoms with Crippen molar-refractivity contribution in [1.29, 1.82) is 0 Å². The van der Waals surface area contributed by atoms with Crippen molar-refractivity contribution in [2.24, 2.45) is 85.6 Å². The largest absolute Gasteiger partial charge is 0.508 e. The summed E-state index contributed by atoms with van der Waals surface area (Å²) >= 11 is 1.28. The van der Waals surface area contributed by atoms with Crippen LogP contribution in [0.5, 0.6) is 5.75 Å². The van der Waals surface area contributed by atoms with Crippen LogP contribution in [0.3, 0.4) is 0 Å². The molecule has 0 fully saturated rings. The van der Waals surface area contributed by atoms with Crippen molar-refractivity contribution in [3.05, 3.63) is 29.8 Å². The van der Waals surface area contributed by atoms with Crippen molar-refractivity contribution < 1.29 is 82.8 Å². The van der Waals surface area contributed by atoms with Crippen molar-refractivity contribution in [2.75, 3.05) is 44.8 Å². The summed E-state index contributed by atoms with van der Waals surface area (Å²) in [6.45, 7) is 9.37. The molecule has 34 heteroatoms. The summed E-state index contributed by atoms with van der Waals surface area (Å²) in [4.78, 5) is 187. The molecule has 101 heavy (non-hydrogen) atoms. The summed E-state index contributed by atoms with van der Waals surface area (Å²) in [6.07, 6.45) is -1.35. The first-order valence-electron chi connectivity index (χ1n) is 34.4. The van der Waals surface area contributed by atoms with E-state index in [4.69, 9.17) is 40.1 Å². The molecule has 0 aromatic heterocycles. The Hall–Kier alpha value is -8.34. The standard InChI is InChI=1S/C67H114N16O17S/c1-37(2)28-43(32-54(88)47(77-40(6)86)15-9-11-24-69)61(96)78-48(16-12-25-75-66(71)72)55(89)33-44(36-84)62(97)79-49(22-27-101-7)57(91)34-46(39(5)85)63(98)81-51(35-58(92)93)56(90)31-42(14-8-10-23-68)60(95)83-53(30-41-18-20-45(87)21-19-41)65(100)80-50(17-13-26-76-67(73)74)64(99)82-52(59(70)94)29-38(3)4/h18-21,37-39,42-44,46-53,84-85,87H,8-17,22-36,68-69H2,1-7H3,(H2,70,94)(H,77,86)(H,78,96)(H,79,97)(H,80,100)(H,81,98)(H,82,99)(H,83,95)(H,92,93)(H4,71,72,75)(H4,73,74,76)/t39-,42-,43-,44+,46+,47+,48+,49+,50+,51+,52+,53+/m1/s1. The summed E-state index contributed by atoms with van der Waals surface area (Å²) in [5.41, 5.74) is 39.5. The van der Waals surface area contributed by atoms with E-state index in [9.17, 15) is 82.8 Å². The van der Waals surface area contributed by atoms with E-state index in [0.29, 0.717) is 31.4 Å². The number of phenols is 1. The summed E-state index contributed by atoms with van der Waals surface area (Å²) in [5.74, 6) is -17.2. The van der Waals surface area contributed by atoms with Gasteiger partial charge < -0.3 is 97.8 Å². The molecule has 1 aromatic rings. The van der Waals surface area contributed by atoms with E-state index in [1.807, 2.05) is 13.8 Å². The van der Waals surface area contributed by atoms with Gasteiger partial charge in [0.2, 0.25) is 47.3 Å². The van der Waals surface area contributed by atoms with Gasteiger partial charge in [0.25, 0.3) is 0 Å². The maximum atomic E-state index is 14.6. The van der Waals surface area contributed by atoms with Gasteiger partial charge >= 0.3 is 5.97 Å². The zero-order valence-electron chi connectivity index (χ0n) is 59.5. The second-order valence-corrected chi connectivity index (χ2v) is 27.3. The number of nitrogens with one attached hydrogen (secondary N) is 7. The van der Waals surface area contributed by atoms with E-state index in [1.165, 1.54) is 43.0 Å². The number of phenolic OH excluding ortho intramolecular Hbond substituents is 1. The van der Waals surface area contributed by atoms with Crippen LogP contribution in [0.1, 0.15) is 163 Å². The van der Waals surface area contributed by atoms with Crippen molar-refractivity contribution >= 4 is 100 Å². The smallest absolute Gasteiger partial charge is 0.305 e. The fourth-order valence-corrected chi connectivity index (χ4v) is 11.5. The van der Waals surface area contributed by atoms with Crippen molar-refractivity contribution in [2.45, 2.75) is 212 Å². The van der Waals surface area contributed by atoms with Gasteiger partial charge in [0.05, 0.1) is 55.1 Å². The Kier molecular flexibility index (Phi) is 44.2. The highest BCUT2D eigenvalue weighted by Gasteiger charge is 2.38. The Morgan fingerprint density at radius 3 is 1.40 bits per heavy atom. The molecule has 0 aliphatic heterocycles. The highest BCUT2D eigenvalue weighted by atomic mass is 32.2. The Balaban J connectivity index is 3.66. The lowest BCUT2D eigenvalue weighted by atomic mass is 9.88. The van der Waals surface area contributed by atoms with Gasteiger partial charge in [-0.15, -0.1) is 0 Å². The molecule has 0 unspecified atom stereocenters. The number of Topliss-reactive ketones (excluding diaryl/α,β-unsaturated/α-hetero) is 4. The third-order valence-corrected chi connectivity index (χ3v) is 17.1. The molecule has 0 spiro atoms. The van der Waals surface area contributed by atoms with Gasteiger partial charge in [-0.05, 0) is 139 Å². The van der Waals surface area contributed by atoms with Gasteiger partial charge in [0.15, 0.2) is 35.1 Å². The average molecular weight is 1450 g/mol. The number of benzene rings is 1. The molecule has 8 amide bonds. The highest BCUT2D eigenvalue weighted by Crippen LogP contribution is 2.23. The molecule has 570 valence electrons. The van der Waals surface area contributed by atoms with Crippen LogP contribution < -0.4 is 77.4 Å². The molecule has 25 N–H and O–H groups in total. The number of aliphatic carboxylic acids is 1. The van der Waals surface area contributed by atoms with Crippen molar-refractivity contribution in [3.8, 4) is 5.75 Å². The minimum atomic E-state index is -1.88. The lowest BCUT2D eigenvalue weighted by Crippen LogP contribution is -2.57. The molecule has 0 bridgehead atoms. The molecule has 33 nitrogen and oxygen atoms in total. The first kappa shape index (κ1) is 90.7. The zero-order valence-corrected chi connectivity index (χ0v) is 60.3. The molecule has 0 saturated heterocycles. The number of nitrogens with two attached hydrogens (primary N) is 7. The molecular weight excluding hydrogens is 1330 g/mol. The monoisotopic (exact) mass is 1450 g/mol. The molecule has 1 rings (SSSR count). The van der Waals surface area contributed by atoms with Gasteiger partial charge in [-0.25, -0.2) is 0 Å². The van der Waals surface area contributed by atoms with Gasteiger partial charge in [-0.3, -0.25) is 72.3 Å². The SMILES string of the molecule is CSCC[C@H](NC(=O)[C@H](CO)CC(=O)[C@H](CCCN=C(N)N)NC(=O)[C@@H](CC(=O)[C@H](CCCCN)NC(C)=O)CC(C)C)C(=O)C[C@H](C(=O)N[C@@H](CC(=O)O)C(=O)C[C@@H](CCCCN)C(=O)N[C@@H](Cc1ccc(O)cc1)C(=O)N[C@@H](CCCN=C(N)N)C(=O)N[C@@H](CC(C)C)C(N)=O)[C@@H](C)O. The Morgan fingerprint density at radius 2 is 0.901 bits per heavy atom. The molecular formula is C67H114N16O17S. The normalized spacial score (nSPS) is 14.8. The average Bonchev–Trinajstić information content (AvgIpc) is 0.858. The quantitative estimate of drug-likeness (QED) is 0.0194. The lowest BCUT2D eigenvalue weighted by molar-refractivity contribution is -0.142.